The zero-order valence-corrected chi connectivity index (χ0v) is 10.8. The second-order valence-corrected chi connectivity index (χ2v) is 3.61. The molecule has 3 heteroatoms. The van der Waals surface area contributed by atoms with Crippen molar-refractivity contribution in [1.29, 1.82) is 0 Å². The van der Waals surface area contributed by atoms with Gasteiger partial charge in [-0.05, 0) is 19.8 Å². The summed E-state index contributed by atoms with van der Waals surface area (Å²) in [6.45, 7) is 6.36. The van der Waals surface area contributed by atoms with E-state index in [1.165, 1.54) is 12.8 Å². The minimum atomic E-state index is -0.000216. The van der Waals surface area contributed by atoms with E-state index in [2.05, 4.69) is 13.8 Å². The lowest BCUT2D eigenvalue weighted by Crippen LogP contribution is -2.21. The monoisotopic (exact) mass is 190 g/mol. The van der Waals surface area contributed by atoms with Crippen molar-refractivity contribution in [1.82, 2.24) is 0 Å². The zero-order valence-electron chi connectivity index (χ0n) is 8.80. The van der Waals surface area contributed by atoms with E-state index in [0.29, 0.717) is 6.10 Å². The standard InChI is InChI=1S/C9H22O2Si/c1-4-6-9(7-5-2)10-8(3)11-12/h8-9H,4-7H2,1-3,12H3. The van der Waals surface area contributed by atoms with Gasteiger partial charge in [-0.2, -0.15) is 0 Å². The molecule has 1 unspecified atom stereocenters. The fourth-order valence-electron chi connectivity index (χ4n) is 1.25. The largest absolute Gasteiger partial charge is 0.404 e. The Morgan fingerprint density at radius 1 is 1.17 bits per heavy atom. The predicted molar refractivity (Wildman–Crippen MR) is 55.2 cm³/mol. The fraction of sp³-hybridized carbons (Fsp3) is 1.00. The molecule has 1 atom stereocenters. The average molecular weight is 190 g/mol. The normalized spacial score (nSPS) is 14.0. The Bertz CT molecular complexity index is 92.5. The topological polar surface area (TPSA) is 18.5 Å². The van der Waals surface area contributed by atoms with Crippen molar-refractivity contribution in [2.24, 2.45) is 0 Å². The zero-order chi connectivity index (χ0) is 9.40. The van der Waals surface area contributed by atoms with Crippen molar-refractivity contribution in [2.45, 2.75) is 58.8 Å². The van der Waals surface area contributed by atoms with Crippen LogP contribution in [0, 0.1) is 0 Å². The fourth-order valence-corrected chi connectivity index (χ4v) is 1.36. The molecule has 0 aromatic rings. The SMILES string of the molecule is CCCC(CCC)OC(C)O[SiH3]. The molecule has 0 saturated carbocycles. The van der Waals surface area contributed by atoms with Crippen LogP contribution in [0.2, 0.25) is 0 Å². The molecule has 0 amide bonds. The lowest BCUT2D eigenvalue weighted by molar-refractivity contribution is -0.109. The average Bonchev–Trinajstić information content (AvgIpc) is 2.05. The van der Waals surface area contributed by atoms with Crippen LogP contribution in [0.4, 0.5) is 0 Å². The van der Waals surface area contributed by atoms with Gasteiger partial charge in [0.1, 0.15) is 16.8 Å². The van der Waals surface area contributed by atoms with Crippen LogP contribution in [0.1, 0.15) is 46.5 Å². The van der Waals surface area contributed by atoms with Gasteiger partial charge in [0, 0.05) is 0 Å². The van der Waals surface area contributed by atoms with Crippen molar-refractivity contribution in [3.63, 3.8) is 0 Å². The molecule has 0 N–H and O–H groups in total. The molecule has 0 aliphatic heterocycles. The molecule has 0 fully saturated rings. The summed E-state index contributed by atoms with van der Waals surface area (Å²) in [6.07, 6.45) is 5.10. The third-order valence-electron chi connectivity index (χ3n) is 1.94. The lowest BCUT2D eigenvalue weighted by atomic mass is 10.1. The van der Waals surface area contributed by atoms with Gasteiger partial charge in [0.25, 0.3) is 0 Å². The summed E-state index contributed by atoms with van der Waals surface area (Å²) in [5.41, 5.74) is 0. The minimum absolute atomic E-state index is 0.000216. The van der Waals surface area contributed by atoms with Gasteiger partial charge in [-0.3, -0.25) is 0 Å². The highest BCUT2D eigenvalue weighted by Crippen LogP contribution is 2.11. The first-order valence-electron chi connectivity index (χ1n) is 4.92. The summed E-state index contributed by atoms with van der Waals surface area (Å²) >= 11 is 0. The Balaban J connectivity index is 3.61. The second-order valence-electron chi connectivity index (χ2n) is 3.14. The molecule has 0 heterocycles. The molecule has 74 valence electrons. The minimum Gasteiger partial charge on any atom is -0.404 e. The van der Waals surface area contributed by atoms with Gasteiger partial charge in [0.15, 0.2) is 0 Å². The van der Waals surface area contributed by atoms with Crippen molar-refractivity contribution < 1.29 is 9.16 Å². The van der Waals surface area contributed by atoms with E-state index in [4.69, 9.17) is 9.16 Å². The predicted octanol–water partition coefficient (Wildman–Crippen LogP) is 1.61. The van der Waals surface area contributed by atoms with Crippen LogP contribution in [0.3, 0.4) is 0 Å². The van der Waals surface area contributed by atoms with Crippen molar-refractivity contribution >= 4 is 10.5 Å². The summed E-state index contributed by atoms with van der Waals surface area (Å²) < 4.78 is 10.9. The second kappa shape index (κ2) is 7.77. The highest BCUT2D eigenvalue weighted by Gasteiger charge is 2.10. The van der Waals surface area contributed by atoms with Crippen LogP contribution in [-0.4, -0.2) is 22.9 Å². The molecule has 0 saturated heterocycles. The van der Waals surface area contributed by atoms with Gasteiger partial charge >= 0.3 is 0 Å². The van der Waals surface area contributed by atoms with E-state index in [9.17, 15) is 0 Å². The van der Waals surface area contributed by atoms with Crippen LogP contribution in [0.15, 0.2) is 0 Å². The van der Waals surface area contributed by atoms with Gasteiger partial charge < -0.3 is 9.16 Å². The van der Waals surface area contributed by atoms with Crippen molar-refractivity contribution in [3.8, 4) is 0 Å². The van der Waals surface area contributed by atoms with E-state index in [-0.39, 0.29) is 6.29 Å². The lowest BCUT2D eigenvalue weighted by Gasteiger charge is -2.20. The highest BCUT2D eigenvalue weighted by atomic mass is 28.2. The molecular weight excluding hydrogens is 168 g/mol. The third kappa shape index (κ3) is 5.74. The first kappa shape index (κ1) is 12.1. The number of ether oxygens (including phenoxy) is 1. The van der Waals surface area contributed by atoms with E-state index in [0.717, 1.165) is 23.3 Å². The molecule has 0 bridgehead atoms. The molecule has 12 heavy (non-hydrogen) atoms. The maximum absolute atomic E-state index is 5.69. The maximum Gasteiger partial charge on any atom is 0.149 e. The maximum atomic E-state index is 5.69. The summed E-state index contributed by atoms with van der Waals surface area (Å²) in [6, 6.07) is 0. The first-order chi connectivity index (χ1) is 5.74. The number of hydrogen-bond acceptors (Lipinski definition) is 2. The number of rotatable bonds is 7. The van der Waals surface area contributed by atoms with Gasteiger partial charge in [0.2, 0.25) is 0 Å². The van der Waals surface area contributed by atoms with Crippen LogP contribution >= 0.6 is 0 Å². The van der Waals surface area contributed by atoms with E-state index < -0.39 is 0 Å². The van der Waals surface area contributed by atoms with Crippen molar-refractivity contribution in [2.75, 3.05) is 0 Å². The molecule has 0 aliphatic rings. The van der Waals surface area contributed by atoms with Crippen molar-refractivity contribution in [3.05, 3.63) is 0 Å². The summed E-state index contributed by atoms with van der Waals surface area (Å²) in [5.74, 6) is 0. The molecule has 0 aromatic heterocycles. The third-order valence-corrected chi connectivity index (χ3v) is 2.60. The molecule has 0 rings (SSSR count). The molecule has 0 aromatic carbocycles. The summed E-state index contributed by atoms with van der Waals surface area (Å²) in [5, 5.41) is 0. The smallest absolute Gasteiger partial charge is 0.149 e. The Morgan fingerprint density at radius 2 is 1.67 bits per heavy atom. The molecule has 0 radical (unpaired) electrons. The first-order valence-corrected chi connectivity index (χ1v) is 5.74. The molecular formula is C9H22O2Si. The van der Waals surface area contributed by atoms with Gasteiger partial charge in [-0.1, -0.05) is 26.7 Å². The Hall–Kier alpha value is 0.137. The molecule has 0 spiro atoms. The van der Waals surface area contributed by atoms with E-state index in [1.54, 1.807) is 0 Å². The Labute approximate surface area is 79.2 Å². The molecule has 0 aliphatic carbocycles. The van der Waals surface area contributed by atoms with Gasteiger partial charge in [-0.25, -0.2) is 0 Å². The Morgan fingerprint density at radius 3 is 2.00 bits per heavy atom. The quantitative estimate of drug-likeness (QED) is 0.448. The van der Waals surface area contributed by atoms with Crippen LogP contribution < -0.4 is 0 Å². The Kier molecular flexibility index (Phi) is 7.86. The highest BCUT2D eigenvalue weighted by molar-refractivity contribution is 5.98. The summed E-state index contributed by atoms with van der Waals surface area (Å²) in [7, 11) is 0.761. The number of hydrogen-bond donors (Lipinski definition) is 0. The van der Waals surface area contributed by atoms with Gasteiger partial charge in [-0.15, -0.1) is 0 Å². The van der Waals surface area contributed by atoms with Crippen LogP contribution in [0.25, 0.3) is 0 Å². The molecule has 2 nitrogen and oxygen atoms in total. The summed E-state index contributed by atoms with van der Waals surface area (Å²) in [4.78, 5) is 0. The van der Waals surface area contributed by atoms with E-state index in [1.807, 2.05) is 6.92 Å². The van der Waals surface area contributed by atoms with Crippen LogP contribution in [0.5, 0.6) is 0 Å². The van der Waals surface area contributed by atoms with E-state index >= 15 is 0 Å². The van der Waals surface area contributed by atoms with Crippen LogP contribution in [-0.2, 0) is 9.16 Å². The van der Waals surface area contributed by atoms with Gasteiger partial charge in [0.05, 0.1) is 6.10 Å².